The van der Waals surface area contributed by atoms with Crippen molar-refractivity contribution in [1.82, 2.24) is 15.0 Å². The molecular weight excluding hydrogens is 383 g/mol. The molecule has 2 aromatic heterocycles. The number of rotatable bonds is 5. The Morgan fingerprint density at radius 2 is 1.70 bits per heavy atom. The fourth-order valence-corrected chi connectivity index (χ4v) is 2.73. The molecule has 3 aromatic rings. The summed E-state index contributed by atoms with van der Waals surface area (Å²) in [4.78, 5) is 13.5. The fourth-order valence-electron chi connectivity index (χ4n) is 2.27. The molecule has 0 saturated heterocycles. The predicted octanol–water partition coefficient (Wildman–Crippen LogP) is 5.49. The van der Waals surface area contributed by atoms with Crippen molar-refractivity contribution < 1.29 is 0 Å². The maximum Gasteiger partial charge on any atom is 0.225 e. The summed E-state index contributed by atoms with van der Waals surface area (Å²) in [6.07, 6.45) is 1.73. The smallest absolute Gasteiger partial charge is 0.225 e. The highest BCUT2D eigenvalue weighted by Crippen LogP contribution is 2.26. The standard InChI is InChI=1S/C19H20Cl2N6/c1-19(2,3)25-18-23-16(15-6-4-5-9-22-15)11-17(24-18)27-26-14-8-7-12(20)10-13(14)21/h4-11,26H,1-3H3,(H2,23,24,25,27). The highest BCUT2D eigenvalue weighted by atomic mass is 35.5. The number of anilines is 3. The monoisotopic (exact) mass is 402 g/mol. The summed E-state index contributed by atoms with van der Waals surface area (Å²) >= 11 is 12.1. The number of pyridine rings is 1. The summed E-state index contributed by atoms with van der Waals surface area (Å²) < 4.78 is 0. The molecule has 0 radical (unpaired) electrons. The van der Waals surface area contributed by atoms with Crippen LogP contribution >= 0.6 is 23.2 Å². The molecule has 0 aliphatic carbocycles. The molecule has 0 bridgehead atoms. The second-order valence-electron chi connectivity index (χ2n) is 6.93. The largest absolute Gasteiger partial charge is 0.350 e. The lowest BCUT2D eigenvalue weighted by molar-refractivity contribution is 0.626. The van der Waals surface area contributed by atoms with Gasteiger partial charge in [0.1, 0.15) is 0 Å². The van der Waals surface area contributed by atoms with Crippen molar-refractivity contribution in [2.24, 2.45) is 0 Å². The van der Waals surface area contributed by atoms with E-state index in [-0.39, 0.29) is 5.54 Å². The minimum Gasteiger partial charge on any atom is -0.350 e. The van der Waals surface area contributed by atoms with Crippen LogP contribution in [0, 0.1) is 0 Å². The van der Waals surface area contributed by atoms with E-state index in [0.717, 1.165) is 5.69 Å². The lowest BCUT2D eigenvalue weighted by atomic mass is 10.1. The zero-order valence-electron chi connectivity index (χ0n) is 15.2. The zero-order valence-corrected chi connectivity index (χ0v) is 16.7. The van der Waals surface area contributed by atoms with E-state index in [1.807, 2.05) is 45.0 Å². The van der Waals surface area contributed by atoms with E-state index in [0.29, 0.717) is 33.2 Å². The van der Waals surface area contributed by atoms with Crippen LogP contribution in [0.25, 0.3) is 11.4 Å². The maximum absolute atomic E-state index is 6.20. The second kappa shape index (κ2) is 7.98. The Bertz CT molecular complexity index is 925. The van der Waals surface area contributed by atoms with Gasteiger partial charge in [-0.25, -0.2) is 4.98 Å². The first kappa shape index (κ1) is 19.2. The minimum atomic E-state index is -0.188. The molecule has 0 amide bonds. The van der Waals surface area contributed by atoms with E-state index >= 15 is 0 Å². The van der Waals surface area contributed by atoms with Crippen molar-refractivity contribution in [1.29, 1.82) is 0 Å². The van der Waals surface area contributed by atoms with Crippen LogP contribution in [-0.2, 0) is 0 Å². The fraction of sp³-hybridized carbons (Fsp3) is 0.211. The van der Waals surface area contributed by atoms with Crippen molar-refractivity contribution in [3.8, 4) is 11.4 Å². The molecule has 27 heavy (non-hydrogen) atoms. The predicted molar refractivity (Wildman–Crippen MR) is 112 cm³/mol. The van der Waals surface area contributed by atoms with Gasteiger partial charge in [0.2, 0.25) is 5.95 Å². The zero-order chi connectivity index (χ0) is 19.4. The summed E-state index contributed by atoms with van der Waals surface area (Å²) in [5.41, 5.74) is 8.06. The number of hydrogen-bond donors (Lipinski definition) is 3. The third kappa shape index (κ3) is 5.45. The van der Waals surface area contributed by atoms with E-state index < -0.39 is 0 Å². The molecule has 0 aliphatic heterocycles. The topological polar surface area (TPSA) is 74.8 Å². The van der Waals surface area contributed by atoms with Crippen LogP contribution in [0.1, 0.15) is 20.8 Å². The van der Waals surface area contributed by atoms with Gasteiger partial charge in [0, 0.05) is 22.8 Å². The van der Waals surface area contributed by atoms with Crippen molar-refractivity contribution in [2.45, 2.75) is 26.3 Å². The molecule has 6 nitrogen and oxygen atoms in total. The van der Waals surface area contributed by atoms with Gasteiger partial charge in [0.25, 0.3) is 0 Å². The van der Waals surface area contributed by atoms with E-state index in [1.54, 1.807) is 24.4 Å². The van der Waals surface area contributed by atoms with Gasteiger partial charge in [-0.15, -0.1) is 0 Å². The lowest BCUT2D eigenvalue weighted by Crippen LogP contribution is -2.27. The van der Waals surface area contributed by atoms with Crippen molar-refractivity contribution in [3.05, 3.63) is 58.7 Å². The van der Waals surface area contributed by atoms with Crippen molar-refractivity contribution >= 4 is 40.7 Å². The number of nitrogens with zero attached hydrogens (tertiary/aromatic N) is 3. The quantitative estimate of drug-likeness (QED) is 0.489. The summed E-state index contributed by atoms with van der Waals surface area (Å²) in [5.74, 6) is 1.07. The van der Waals surface area contributed by atoms with E-state index in [9.17, 15) is 0 Å². The molecule has 140 valence electrons. The van der Waals surface area contributed by atoms with Gasteiger partial charge < -0.3 is 5.32 Å². The molecule has 1 aromatic carbocycles. The molecule has 0 spiro atoms. The maximum atomic E-state index is 6.20. The SMILES string of the molecule is CC(C)(C)Nc1nc(NNc2ccc(Cl)cc2Cl)cc(-c2ccccn2)n1. The van der Waals surface area contributed by atoms with Crippen molar-refractivity contribution in [3.63, 3.8) is 0 Å². The van der Waals surface area contributed by atoms with E-state index in [4.69, 9.17) is 23.2 Å². The molecule has 0 aliphatic rings. The van der Waals surface area contributed by atoms with Crippen molar-refractivity contribution in [2.75, 3.05) is 16.2 Å². The highest BCUT2D eigenvalue weighted by molar-refractivity contribution is 6.36. The highest BCUT2D eigenvalue weighted by Gasteiger charge is 2.14. The van der Waals surface area contributed by atoms with E-state index in [1.165, 1.54) is 0 Å². The Hall–Kier alpha value is -2.57. The number of benzene rings is 1. The van der Waals surface area contributed by atoms with Gasteiger partial charge >= 0.3 is 0 Å². The first-order chi connectivity index (χ1) is 12.8. The van der Waals surface area contributed by atoms with Crippen LogP contribution in [0.2, 0.25) is 10.0 Å². The normalized spacial score (nSPS) is 11.1. The molecule has 0 saturated carbocycles. The molecule has 2 heterocycles. The average Bonchev–Trinajstić information content (AvgIpc) is 2.60. The lowest BCUT2D eigenvalue weighted by Gasteiger charge is -2.21. The van der Waals surface area contributed by atoms with Gasteiger partial charge in [-0.1, -0.05) is 29.3 Å². The summed E-state index contributed by atoms with van der Waals surface area (Å²) in [7, 11) is 0. The average molecular weight is 403 g/mol. The molecular formula is C19H20Cl2N6. The van der Waals surface area contributed by atoms with Crippen LogP contribution in [0.4, 0.5) is 17.5 Å². The van der Waals surface area contributed by atoms with Gasteiger partial charge in [0.05, 0.1) is 22.1 Å². The summed E-state index contributed by atoms with van der Waals surface area (Å²) in [6.45, 7) is 6.13. The van der Waals surface area contributed by atoms with Crippen LogP contribution in [-0.4, -0.2) is 20.5 Å². The van der Waals surface area contributed by atoms with Crippen LogP contribution < -0.4 is 16.2 Å². The first-order valence-corrected chi connectivity index (χ1v) is 9.11. The molecule has 8 heteroatoms. The minimum absolute atomic E-state index is 0.188. The molecule has 3 rings (SSSR count). The molecule has 0 fully saturated rings. The van der Waals surface area contributed by atoms with Crippen LogP contribution in [0.15, 0.2) is 48.7 Å². The number of hydrazine groups is 1. The van der Waals surface area contributed by atoms with Gasteiger partial charge in [-0.05, 0) is 51.1 Å². The molecule has 3 N–H and O–H groups in total. The Labute approximate surface area is 168 Å². The summed E-state index contributed by atoms with van der Waals surface area (Å²) in [6, 6.07) is 12.7. The Morgan fingerprint density at radius 1 is 0.889 bits per heavy atom. The second-order valence-corrected chi connectivity index (χ2v) is 7.77. The Kier molecular flexibility index (Phi) is 5.68. The Balaban J connectivity index is 1.90. The Morgan fingerprint density at radius 3 is 2.37 bits per heavy atom. The van der Waals surface area contributed by atoms with Gasteiger partial charge in [0.15, 0.2) is 5.82 Å². The molecule has 0 atom stereocenters. The number of aromatic nitrogens is 3. The number of hydrogen-bond acceptors (Lipinski definition) is 6. The number of nitrogens with one attached hydrogen (secondary N) is 3. The number of halogens is 2. The first-order valence-electron chi connectivity index (χ1n) is 8.36. The van der Waals surface area contributed by atoms with Gasteiger partial charge in [-0.2, -0.15) is 4.98 Å². The third-order valence-corrected chi connectivity index (χ3v) is 3.94. The molecule has 0 unspecified atom stereocenters. The van der Waals surface area contributed by atoms with Crippen LogP contribution in [0.5, 0.6) is 0 Å². The van der Waals surface area contributed by atoms with E-state index in [2.05, 4.69) is 31.1 Å². The third-order valence-electron chi connectivity index (χ3n) is 3.40. The summed E-state index contributed by atoms with van der Waals surface area (Å²) in [5, 5.41) is 4.36. The van der Waals surface area contributed by atoms with Gasteiger partial charge in [-0.3, -0.25) is 15.8 Å². The van der Waals surface area contributed by atoms with Crippen LogP contribution in [0.3, 0.4) is 0 Å².